The molecule has 1 N–H and O–H groups in total. The van der Waals surface area contributed by atoms with Gasteiger partial charge in [-0.2, -0.15) is 0 Å². The zero-order valence-electron chi connectivity index (χ0n) is 16.6. The molecule has 0 atom stereocenters. The van der Waals surface area contributed by atoms with Crippen molar-refractivity contribution in [3.05, 3.63) is 90.5 Å². The molecule has 3 aromatic carbocycles. The van der Waals surface area contributed by atoms with Gasteiger partial charge in [0.1, 0.15) is 18.1 Å². The van der Waals surface area contributed by atoms with Crippen LogP contribution in [0.2, 0.25) is 0 Å². The fourth-order valence-corrected chi connectivity index (χ4v) is 2.94. The summed E-state index contributed by atoms with van der Waals surface area (Å²) in [6.45, 7) is 1.78. The van der Waals surface area contributed by atoms with Crippen molar-refractivity contribution >= 4 is 11.6 Å². The second-order valence-corrected chi connectivity index (χ2v) is 6.55. The van der Waals surface area contributed by atoms with Crippen molar-refractivity contribution in [3.63, 3.8) is 0 Å². The summed E-state index contributed by atoms with van der Waals surface area (Å²) in [5, 5.41) is 2.93. The maximum Gasteiger partial charge on any atom is 0.239 e. The summed E-state index contributed by atoms with van der Waals surface area (Å²) < 4.78 is 10.9. The molecule has 1 amide bonds. The minimum Gasteiger partial charge on any atom is -0.497 e. The van der Waals surface area contributed by atoms with E-state index in [9.17, 15) is 4.79 Å². The molecule has 0 unspecified atom stereocenters. The summed E-state index contributed by atoms with van der Waals surface area (Å²) in [7, 11) is 1.64. The first-order valence-electron chi connectivity index (χ1n) is 9.62. The zero-order valence-corrected chi connectivity index (χ0v) is 16.6. The smallest absolute Gasteiger partial charge is 0.239 e. The van der Waals surface area contributed by atoms with Crippen molar-refractivity contribution in [2.75, 3.05) is 31.7 Å². The summed E-state index contributed by atoms with van der Waals surface area (Å²) in [6, 6.07) is 27.4. The molecule has 0 radical (unpaired) electrons. The molecule has 150 valence electrons. The normalized spacial score (nSPS) is 10.2. The van der Waals surface area contributed by atoms with Crippen LogP contribution in [-0.2, 0) is 11.3 Å². The Morgan fingerprint density at radius 1 is 0.862 bits per heavy atom. The first kappa shape index (κ1) is 20.3. The van der Waals surface area contributed by atoms with Crippen LogP contribution in [-0.4, -0.2) is 32.7 Å². The first-order chi connectivity index (χ1) is 14.2. The molecule has 0 fully saturated rings. The SMILES string of the molecule is COc1ccc(N(CC(=O)NCCOc2ccccc2)Cc2ccccc2)cc1. The van der Waals surface area contributed by atoms with Crippen molar-refractivity contribution in [1.29, 1.82) is 0 Å². The van der Waals surface area contributed by atoms with Crippen molar-refractivity contribution in [2.24, 2.45) is 0 Å². The van der Waals surface area contributed by atoms with E-state index >= 15 is 0 Å². The Morgan fingerprint density at radius 3 is 2.17 bits per heavy atom. The molecule has 0 bridgehead atoms. The van der Waals surface area contributed by atoms with E-state index in [1.54, 1.807) is 7.11 Å². The van der Waals surface area contributed by atoms with Crippen molar-refractivity contribution in [3.8, 4) is 11.5 Å². The Hall–Kier alpha value is -3.47. The van der Waals surface area contributed by atoms with Crippen molar-refractivity contribution in [2.45, 2.75) is 6.54 Å². The van der Waals surface area contributed by atoms with Gasteiger partial charge < -0.3 is 19.7 Å². The van der Waals surface area contributed by atoms with Crippen molar-refractivity contribution in [1.82, 2.24) is 5.32 Å². The predicted molar refractivity (Wildman–Crippen MR) is 115 cm³/mol. The molecule has 0 saturated carbocycles. The van der Waals surface area contributed by atoms with Gasteiger partial charge in [-0.15, -0.1) is 0 Å². The second kappa shape index (κ2) is 10.8. The minimum absolute atomic E-state index is 0.0478. The van der Waals surface area contributed by atoms with E-state index in [-0.39, 0.29) is 12.5 Å². The van der Waals surface area contributed by atoms with Gasteiger partial charge in [-0.3, -0.25) is 4.79 Å². The lowest BCUT2D eigenvalue weighted by Gasteiger charge is -2.24. The molecule has 3 aromatic rings. The van der Waals surface area contributed by atoms with E-state index in [4.69, 9.17) is 9.47 Å². The molecule has 0 spiro atoms. The highest BCUT2D eigenvalue weighted by Crippen LogP contribution is 2.21. The number of rotatable bonds is 10. The van der Waals surface area contributed by atoms with Crippen LogP contribution in [0.1, 0.15) is 5.56 Å². The van der Waals surface area contributed by atoms with Crippen molar-refractivity contribution < 1.29 is 14.3 Å². The average Bonchev–Trinajstić information content (AvgIpc) is 2.78. The highest BCUT2D eigenvalue weighted by molar-refractivity contribution is 5.81. The number of hydrogen-bond donors (Lipinski definition) is 1. The van der Waals surface area contributed by atoms with E-state index in [1.807, 2.05) is 77.7 Å². The fourth-order valence-electron chi connectivity index (χ4n) is 2.94. The zero-order chi connectivity index (χ0) is 20.3. The molecule has 0 saturated heterocycles. The Bertz CT molecular complexity index is 868. The van der Waals surface area contributed by atoms with Gasteiger partial charge in [0.05, 0.1) is 20.2 Å². The number of carbonyl (C=O) groups excluding carboxylic acids is 1. The van der Waals surface area contributed by atoms with Gasteiger partial charge >= 0.3 is 0 Å². The third kappa shape index (κ3) is 6.57. The monoisotopic (exact) mass is 390 g/mol. The molecule has 5 nitrogen and oxygen atoms in total. The Balaban J connectivity index is 1.57. The van der Waals surface area contributed by atoms with Crippen LogP contribution in [0, 0.1) is 0 Å². The van der Waals surface area contributed by atoms with Gasteiger partial charge in [-0.1, -0.05) is 48.5 Å². The van der Waals surface area contributed by atoms with Crippen LogP contribution in [0.5, 0.6) is 11.5 Å². The number of ether oxygens (including phenoxy) is 2. The molecule has 0 heterocycles. The van der Waals surface area contributed by atoms with Gasteiger partial charge in [-0.25, -0.2) is 0 Å². The fraction of sp³-hybridized carbons (Fsp3) is 0.208. The van der Waals surface area contributed by atoms with Gasteiger partial charge in [0, 0.05) is 12.2 Å². The Kier molecular flexibility index (Phi) is 7.52. The van der Waals surface area contributed by atoms with Crippen LogP contribution in [0.15, 0.2) is 84.9 Å². The number of benzene rings is 3. The van der Waals surface area contributed by atoms with Gasteiger partial charge in [0.25, 0.3) is 0 Å². The molecule has 0 aliphatic rings. The minimum atomic E-state index is -0.0478. The standard InChI is InChI=1S/C24H26N2O3/c1-28-22-14-12-21(13-15-22)26(18-20-8-4-2-5-9-20)19-24(27)25-16-17-29-23-10-6-3-7-11-23/h2-15H,16-19H2,1H3,(H,25,27). The summed E-state index contributed by atoms with van der Waals surface area (Å²) >= 11 is 0. The van der Waals surface area contributed by atoms with Gasteiger partial charge in [0.15, 0.2) is 0 Å². The summed E-state index contributed by atoms with van der Waals surface area (Å²) in [6.07, 6.45) is 0. The van der Waals surface area contributed by atoms with Crippen LogP contribution in [0.4, 0.5) is 5.69 Å². The molecule has 3 rings (SSSR count). The quantitative estimate of drug-likeness (QED) is 0.534. The average molecular weight is 390 g/mol. The lowest BCUT2D eigenvalue weighted by Crippen LogP contribution is -2.38. The van der Waals surface area contributed by atoms with Crippen LogP contribution in [0.3, 0.4) is 0 Å². The molecular weight excluding hydrogens is 364 g/mol. The number of hydrogen-bond acceptors (Lipinski definition) is 4. The molecule has 5 heteroatoms. The molecule has 0 aliphatic heterocycles. The van der Waals surface area contributed by atoms with E-state index in [0.29, 0.717) is 19.7 Å². The second-order valence-electron chi connectivity index (χ2n) is 6.55. The maximum atomic E-state index is 12.5. The number of methoxy groups -OCH3 is 1. The summed E-state index contributed by atoms with van der Waals surface area (Å²) in [4.78, 5) is 14.6. The number of nitrogens with zero attached hydrogens (tertiary/aromatic N) is 1. The first-order valence-corrected chi connectivity index (χ1v) is 9.62. The molecule has 0 aromatic heterocycles. The van der Waals surface area contributed by atoms with Crippen LogP contribution < -0.4 is 19.7 Å². The molecule has 29 heavy (non-hydrogen) atoms. The van der Waals surface area contributed by atoms with Gasteiger partial charge in [-0.05, 0) is 42.0 Å². The highest BCUT2D eigenvalue weighted by Gasteiger charge is 2.12. The van der Waals surface area contributed by atoms with Gasteiger partial charge in [0.2, 0.25) is 5.91 Å². The topological polar surface area (TPSA) is 50.8 Å². The Labute approximate surface area is 171 Å². The Morgan fingerprint density at radius 2 is 1.52 bits per heavy atom. The van der Waals surface area contributed by atoms with Crippen LogP contribution >= 0.6 is 0 Å². The maximum absolute atomic E-state index is 12.5. The molecular formula is C24H26N2O3. The number of carbonyl (C=O) groups is 1. The number of anilines is 1. The number of para-hydroxylation sites is 1. The van der Waals surface area contributed by atoms with E-state index in [0.717, 1.165) is 22.7 Å². The number of nitrogens with one attached hydrogen (secondary N) is 1. The van der Waals surface area contributed by atoms with E-state index < -0.39 is 0 Å². The predicted octanol–water partition coefficient (Wildman–Crippen LogP) is 3.90. The van der Waals surface area contributed by atoms with E-state index in [1.165, 1.54) is 0 Å². The van der Waals surface area contributed by atoms with Crippen LogP contribution in [0.25, 0.3) is 0 Å². The summed E-state index contributed by atoms with van der Waals surface area (Å²) in [5.74, 6) is 1.54. The third-order valence-electron chi connectivity index (χ3n) is 4.42. The largest absolute Gasteiger partial charge is 0.497 e. The highest BCUT2D eigenvalue weighted by atomic mass is 16.5. The van der Waals surface area contributed by atoms with E-state index in [2.05, 4.69) is 17.4 Å². The molecule has 0 aliphatic carbocycles. The third-order valence-corrected chi connectivity index (χ3v) is 4.42. The summed E-state index contributed by atoms with van der Waals surface area (Å²) in [5.41, 5.74) is 2.11. The number of amides is 1. The lowest BCUT2D eigenvalue weighted by atomic mass is 10.2. The lowest BCUT2D eigenvalue weighted by molar-refractivity contribution is -0.119.